The fraction of sp³-hybridized carbons (Fsp3) is 0.444. The van der Waals surface area contributed by atoms with Crippen LogP contribution in [0.3, 0.4) is 0 Å². The van der Waals surface area contributed by atoms with Gasteiger partial charge in [0.1, 0.15) is 0 Å². The summed E-state index contributed by atoms with van der Waals surface area (Å²) in [5, 5.41) is 19.3. The summed E-state index contributed by atoms with van der Waals surface area (Å²) in [5.74, 6) is -1.13. The third kappa shape index (κ3) is 3.57. The molecule has 3 nitrogen and oxygen atoms in total. The van der Waals surface area contributed by atoms with Crippen molar-refractivity contribution < 1.29 is 15.0 Å². The molecule has 1 aromatic heterocycles. The lowest BCUT2D eigenvalue weighted by Gasteiger charge is -2.03. The molecular weight excluding hydrogens is 188 g/mol. The van der Waals surface area contributed by atoms with Crippen molar-refractivity contribution in [1.82, 2.24) is 0 Å². The average molecular weight is 200 g/mol. The van der Waals surface area contributed by atoms with E-state index >= 15 is 0 Å². The molecule has 0 aliphatic rings. The van der Waals surface area contributed by atoms with Crippen LogP contribution in [0.25, 0.3) is 0 Å². The Labute approximate surface area is 80.6 Å². The molecule has 1 rings (SSSR count). The normalized spacial score (nSPS) is 12.7. The highest BCUT2D eigenvalue weighted by Crippen LogP contribution is 2.12. The Morgan fingerprint density at radius 1 is 1.62 bits per heavy atom. The Kier molecular flexibility index (Phi) is 3.92. The van der Waals surface area contributed by atoms with E-state index in [0.717, 1.165) is 6.42 Å². The molecule has 2 N–H and O–H groups in total. The first-order valence-corrected chi connectivity index (χ1v) is 5.01. The van der Waals surface area contributed by atoms with Gasteiger partial charge in [0, 0.05) is 4.88 Å². The van der Waals surface area contributed by atoms with Gasteiger partial charge in [-0.05, 0) is 30.7 Å². The van der Waals surface area contributed by atoms with E-state index in [2.05, 4.69) is 0 Å². The van der Waals surface area contributed by atoms with Crippen molar-refractivity contribution in [1.29, 1.82) is 0 Å². The maximum absolute atomic E-state index is 10.2. The number of carboxylic acids is 1. The van der Waals surface area contributed by atoms with Crippen LogP contribution in [-0.2, 0) is 11.2 Å². The van der Waals surface area contributed by atoms with Gasteiger partial charge in [-0.15, -0.1) is 11.3 Å². The molecule has 1 atom stereocenters. The Hall–Kier alpha value is -0.870. The second-order valence-electron chi connectivity index (χ2n) is 2.83. The van der Waals surface area contributed by atoms with E-state index in [1.165, 1.54) is 4.88 Å². The predicted octanol–water partition coefficient (Wildman–Crippen LogP) is 1.52. The van der Waals surface area contributed by atoms with E-state index in [1.807, 2.05) is 17.5 Å². The van der Waals surface area contributed by atoms with E-state index in [9.17, 15) is 4.79 Å². The average Bonchev–Trinajstić information content (AvgIpc) is 2.56. The van der Waals surface area contributed by atoms with Crippen LogP contribution in [0, 0.1) is 0 Å². The Balaban J connectivity index is 2.18. The van der Waals surface area contributed by atoms with Crippen LogP contribution in [0.1, 0.15) is 17.7 Å². The number of aliphatic hydroxyl groups excluding tert-OH is 1. The van der Waals surface area contributed by atoms with Gasteiger partial charge in [-0.2, -0.15) is 0 Å². The van der Waals surface area contributed by atoms with Crippen molar-refractivity contribution in [3.63, 3.8) is 0 Å². The van der Waals surface area contributed by atoms with Gasteiger partial charge in [0.05, 0.1) is 0 Å². The van der Waals surface area contributed by atoms with Gasteiger partial charge in [-0.3, -0.25) is 0 Å². The molecule has 0 saturated carbocycles. The van der Waals surface area contributed by atoms with Crippen LogP contribution in [-0.4, -0.2) is 22.3 Å². The predicted molar refractivity (Wildman–Crippen MR) is 50.9 cm³/mol. The summed E-state index contributed by atoms with van der Waals surface area (Å²) < 4.78 is 0. The smallest absolute Gasteiger partial charge is 0.332 e. The lowest BCUT2D eigenvalue weighted by molar-refractivity contribution is -0.146. The minimum atomic E-state index is -1.21. The first-order valence-electron chi connectivity index (χ1n) is 4.13. The van der Waals surface area contributed by atoms with Crippen LogP contribution in [0.2, 0.25) is 0 Å². The van der Waals surface area contributed by atoms with E-state index in [-0.39, 0.29) is 0 Å². The van der Waals surface area contributed by atoms with Crippen LogP contribution in [0.15, 0.2) is 17.5 Å². The molecule has 0 amide bonds. The van der Waals surface area contributed by atoms with Gasteiger partial charge in [0.25, 0.3) is 0 Å². The fourth-order valence-corrected chi connectivity index (χ4v) is 1.80. The van der Waals surface area contributed by atoms with Crippen molar-refractivity contribution in [3.8, 4) is 0 Å². The maximum Gasteiger partial charge on any atom is 0.332 e. The highest BCUT2D eigenvalue weighted by atomic mass is 32.1. The Bertz CT molecular complexity index is 256. The van der Waals surface area contributed by atoms with E-state index in [0.29, 0.717) is 12.8 Å². The molecule has 0 aromatic carbocycles. The zero-order valence-electron chi connectivity index (χ0n) is 7.14. The quantitative estimate of drug-likeness (QED) is 0.757. The molecule has 4 heteroatoms. The van der Waals surface area contributed by atoms with Crippen molar-refractivity contribution in [2.24, 2.45) is 0 Å². The molecule has 0 bridgehead atoms. The van der Waals surface area contributed by atoms with Gasteiger partial charge in [0.2, 0.25) is 0 Å². The van der Waals surface area contributed by atoms with Gasteiger partial charge < -0.3 is 10.2 Å². The van der Waals surface area contributed by atoms with Crippen molar-refractivity contribution >= 4 is 17.3 Å². The molecule has 0 saturated heterocycles. The zero-order chi connectivity index (χ0) is 9.68. The van der Waals surface area contributed by atoms with Gasteiger partial charge in [0.15, 0.2) is 6.10 Å². The standard InChI is InChI=1S/C9H12O3S/c10-8(9(11)12)5-1-3-7-4-2-6-13-7/h2,4,6,8,10H,1,3,5H2,(H,11,12). The third-order valence-electron chi connectivity index (χ3n) is 1.77. The van der Waals surface area contributed by atoms with Gasteiger partial charge in [-0.25, -0.2) is 4.79 Å². The molecule has 1 heterocycles. The molecule has 13 heavy (non-hydrogen) atoms. The lowest BCUT2D eigenvalue weighted by atomic mass is 10.1. The zero-order valence-corrected chi connectivity index (χ0v) is 7.96. The van der Waals surface area contributed by atoms with Crippen molar-refractivity contribution in [2.45, 2.75) is 25.4 Å². The Morgan fingerprint density at radius 2 is 2.38 bits per heavy atom. The van der Waals surface area contributed by atoms with Crippen LogP contribution in [0.4, 0.5) is 0 Å². The minimum absolute atomic E-state index is 0.327. The lowest BCUT2D eigenvalue weighted by Crippen LogP contribution is -2.19. The second kappa shape index (κ2) is 4.99. The SMILES string of the molecule is O=C(O)C(O)CCCc1cccs1. The van der Waals surface area contributed by atoms with Gasteiger partial charge >= 0.3 is 5.97 Å². The fourth-order valence-electron chi connectivity index (χ4n) is 1.05. The number of hydrogen-bond acceptors (Lipinski definition) is 3. The molecule has 0 spiro atoms. The number of aliphatic carboxylic acids is 1. The number of rotatable bonds is 5. The summed E-state index contributed by atoms with van der Waals surface area (Å²) in [7, 11) is 0. The summed E-state index contributed by atoms with van der Waals surface area (Å²) in [6.07, 6.45) is 0.684. The summed E-state index contributed by atoms with van der Waals surface area (Å²) in [5.41, 5.74) is 0. The molecule has 0 radical (unpaired) electrons. The molecular formula is C9H12O3S. The van der Waals surface area contributed by atoms with Crippen LogP contribution >= 0.6 is 11.3 Å². The van der Waals surface area contributed by atoms with E-state index in [4.69, 9.17) is 10.2 Å². The second-order valence-corrected chi connectivity index (χ2v) is 3.86. The minimum Gasteiger partial charge on any atom is -0.479 e. The maximum atomic E-state index is 10.2. The largest absolute Gasteiger partial charge is 0.479 e. The van der Waals surface area contributed by atoms with Crippen molar-refractivity contribution in [2.75, 3.05) is 0 Å². The van der Waals surface area contributed by atoms with Gasteiger partial charge in [-0.1, -0.05) is 6.07 Å². The number of hydrogen-bond donors (Lipinski definition) is 2. The first-order chi connectivity index (χ1) is 6.20. The third-order valence-corrected chi connectivity index (χ3v) is 2.70. The summed E-state index contributed by atoms with van der Waals surface area (Å²) in [6.45, 7) is 0. The molecule has 72 valence electrons. The molecule has 1 unspecified atom stereocenters. The van der Waals surface area contributed by atoms with Crippen LogP contribution < -0.4 is 0 Å². The van der Waals surface area contributed by atoms with E-state index < -0.39 is 12.1 Å². The monoisotopic (exact) mass is 200 g/mol. The first kappa shape index (κ1) is 10.2. The topological polar surface area (TPSA) is 57.5 Å². The molecule has 0 aliphatic heterocycles. The molecule has 0 aliphatic carbocycles. The number of aryl methyl sites for hydroxylation is 1. The van der Waals surface area contributed by atoms with Crippen LogP contribution in [0.5, 0.6) is 0 Å². The molecule has 0 fully saturated rings. The highest BCUT2D eigenvalue weighted by Gasteiger charge is 2.11. The van der Waals surface area contributed by atoms with Crippen molar-refractivity contribution in [3.05, 3.63) is 22.4 Å². The number of carbonyl (C=O) groups is 1. The summed E-state index contributed by atoms with van der Waals surface area (Å²) >= 11 is 1.65. The van der Waals surface area contributed by atoms with E-state index in [1.54, 1.807) is 11.3 Å². The Morgan fingerprint density at radius 3 is 2.92 bits per heavy atom. The summed E-state index contributed by atoms with van der Waals surface area (Å²) in [6, 6.07) is 3.98. The number of thiophene rings is 1. The number of aliphatic hydroxyl groups is 1. The summed E-state index contributed by atoms with van der Waals surface area (Å²) in [4.78, 5) is 11.5. The number of carboxylic acid groups (broad SMARTS) is 1. The highest BCUT2D eigenvalue weighted by molar-refractivity contribution is 7.09. The molecule has 1 aromatic rings.